The molecule has 0 saturated carbocycles. The van der Waals surface area contributed by atoms with Crippen LogP contribution in [0.5, 0.6) is 5.75 Å². The first-order valence-electron chi connectivity index (χ1n) is 14.4. The van der Waals surface area contributed by atoms with Gasteiger partial charge >= 0.3 is 5.63 Å². The second-order valence-electron chi connectivity index (χ2n) is 11.6. The number of para-hydroxylation sites is 1. The molecule has 2 aromatic heterocycles. The van der Waals surface area contributed by atoms with Gasteiger partial charge < -0.3 is 14.4 Å². The predicted molar refractivity (Wildman–Crippen MR) is 167 cm³/mol. The maximum absolute atomic E-state index is 13.6. The highest BCUT2D eigenvalue weighted by molar-refractivity contribution is 5.95. The van der Waals surface area contributed by atoms with E-state index in [1.807, 2.05) is 37.3 Å². The quantitative estimate of drug-likeness (QED) is 0.122. The molecule has 8 heteroatoms. The molecule has 1 amide bonds. The molecule has 2 aromatic carbocycles. The van der Waals surface area contributed by atoms with Gasteiger partial charge in [-0.1, -0.05) is 70.2 Å². The van der Waals surface area contributed by atoms with Crippen LogP contribution in [-0.2, 0) is 0 Å². The largest absolute Gasteiger partial charge is 0.507 e. The lowest BCUT2D eigenvalue weighted by Crippen LogP contribution is -2.41. The van der Waals surface area contributed by atoms with Crippen molar-refractivity contribution in [3.63, 3.8) is 0 Å². The molecule has 0 radical (unpaired) electrons. The van der Waals surface area contributed by atoms with Crippen molar-refractivity contribution >= 4 is 22.6 Å². The molecule has 4 aromatic rings. The molecule has 0 aliphatic rings. The molecule has 0 spiro atoms. The normalized spacial score (nSPS) is 13.6. The minimum atomic E-state index is -0.601. The zero-order valence-electron chi connectivity index (χ0n) is 24.9. The van der Waals surface area contributed by atoms with Gasteiger partial charge in [-0.3, -0.25) is 9.78 Å². The first-order valence-corrected chi connectivity index (χ1v) is 14.4. The molecule has 8 nitrogen and oxygen atoms in total. The van der Waals surface area contributed by atoms with Crippen molar-refractivity contribution in [2.24, 2.45) is 22.9 Å². The second kappa shape index (κ2) is 14.0. The van der Waals surface area contributed by atoms with Crippen molar-refractivity contribution in [1.29, 1.82) is 0 Å². The average molecular weight is 569 g/mol. The molecule has 2 atom stereocenters. The van der Waals surface area contributed by atoms with Crippen molar-refractivity contribution in [3.05, 3.63) is 106 Å². The van der Waals surface area contributed by atoms with Crippen molar-refractivity contribution in [2.75, 3.05) is 19.6 Å². The lowest BCUT2D eigenvalue weighted by atomic mass is 9.78. The minimum absolute atomic E-state index is 0.103. The van der Waals surface area contributed by atoms with E-state index in [1.165, 1.54) is 0 Å². The van der Waals surface area contributed by atoms with E-state index in [0.717, 1.165) is 18.7 Å². The Morgan fingerprint density at radius 1 is 0.929 bits per heavy atom. The van der Waals surface area contributed by atoms with Gasteiger partial charge in [0.05, 0.1) is 10.9 Å². The third-order valence-electron chi connectivity index (χ3n) is 7.21. The van der Waals surface area contributed by atoms with Gasteiger partial charge in [-0.25, -0.2) is 10.2 Å². The lowest BCUT2D eigenvalue weighted by Gasteiger charge is -2.34. The van der Waals surface area contributed by atoms with E-state index in [2.05, 4.69) is 48.1 Å². The highest BCUT2D eigenvalue weighted by Crippen LogP contribution is 2.39. The number of carbonyl (C=O) groups excluding carboxylic acids is 1. The Kier molecular flexibility index (Phi) is 10.3. The molecule has 42 heavy (non-hydrogen) atoms. The summed E-state index contributed by atoms with van der Waals surface area (Å²) >= 11 is 0. The number of benzene rings is 2. The Labute approximate surface area is 247 Å². The third kappa shape index (κ3) is 7.50. The van der Waals surface area contributed by atoms with E-state index < -0.39 is 17.5 Å². The number of hydrogen-bond donors (Lipinski definition) is 2. The molecular weight excluding hydrogens is 528 g/mol. The second-order valence-corrected chi connectivity index (χ2v) is 11.6. The minimum Gasteiger partial charge on any atom is -0.507 e. The van der Waals surface area contributed by atoms with Crippen LogP contribution in [0.2, 0.25) is 0 Å². The van der Waals surface area contributed by atoms with Crippen LogP contribution in [0, 0.1) is 17.8 Å². The number of nitrogens with one attached hydrogen (secondary N) is 1. The zero-order valence-corrected chi connectivity index (χ0v) is 24.9. The van der Waals surface area contributed by atoms with Crippen molar-refractivity contribution in [1.82, 2.24) is 15.3 Å². The first-order chi connectivity index (χ1) is 20.2. The van der Waals surface area contributed by atoms with E-state index in [0.29, 0.717) is 40.6 Å². The average Bonchev–Trinajstić information content (AvgIpc) is 2.97. The van der Waals surface area contributed by atoms with Crippen molar-refractivity contribution in [2.45, 2.75) is 40.5 Å². The number of hydrogen-bond acceptors (Lipinski definition) is 7. The van der Waals surface area contributed by atoms with E-state index in [4.69, 9.17) is 4.42 Å². The summed E-state index contributed by atoms with van der Waals surface area (Å²) in [4.78, 5) is 32.9. The van der Waals surface area contributed by atoms with E-state index >= 15 is 0 Å². The highest BCUT2D eigenvalue weighted by Gasteiger charge is 2.35. The van der Waals surface area contributed by atoms with E-state index in [9.17, 15) is 14.7 Å². The number of nitrogens with zero attached hydrogens (tertiary/aromatic N) is 3. The fourth-order valence-corrected chi connectivity index (χ4v) is 5.49. The van der Waals surface area contributed by atoms with Gasteiger partial charge in [0.15, 0.2) is 0 Å². The number of amides is 1. The Morgan fingerprint density at radius 2 is 1.55 bits per heavy atom. The molecule has 2 heterocycles. The van der Waals surface area contributed by atoms with Crippen LogP contribution in [0.15, 0.2) is 93.4 Å². The number of pyridine rings is 1. The summed E-state index contributed by atoms with van der Waals surface area (Å²) in [5, 5.41) is 16.6. The smallest absolute Gasteiger partial charge is 0.343 e. The number of aromatic hydroxyl groups is 1. The third-order valence-corrected chi connectivity index (χ3v) is 7.21. The summed E-state index contributed by atoms with van der Waals surface area (Å²) in [5.41, 5.74) is 4.48. The molecule has 4 rings (SSSR count). The number of fused-ring (bicyclic) bond motifs is 1. The van der Waals surface area contributed by atoms with Crippen LogP contribution < -0.4 is 11.1 Å². The van der Waals surface area contributed by atoms with E-state index in [-0.39, 0.29) is 17.2 Å². The van der Waals surface area contributed by atoms with Crippen LogP contribution in [0.1, 0.15) is 62.0 Å². The van der Waals surface area contributed by atoms with Gasteiger partial charge in [-0.2, -0.15) is 5.10 Å². The lowest BCUT2D eigenvalue weighted by molar-refractivity contribution is 0.0954. The number of rotatable bonds is 12. The Balaban J connectivity index is 1.88. The Hall–Kier alpha value is -4.30. The van der Waals surface area contributed by atoms with E-state index in [1.54, 1.807) is 48.8 Å². The summed E-state index contributed by atoms with van der Waals surface area (Å²) < 4.78 is 5.75. The molecule has 0 aliphatic heterocycles. The molecule has 0 fully saturated rings. The molecule has 0 saturated heterocycles. The van der Waals surface area contributed by atoms with Crippen molar-refractivity contribution in [3.8, 4) is 5.75 Å². The predicted octanol–water partition coefficient (Wildman–Crippen LogP) is 6.06. The summed E-state index contributed by atoms with van der Waals surface area (Å²) in [7, 11) is 0. The fraction of sp³-hybridized carbons (Fsp3) is 0.353. The van der Waals surface area contributed by atoms with Gasteiger partial charge in [0.25, 0.3) is 5.91 Å². The molecule has 0 bridgehead atoms. The molecule has 0 aliphatic carbocycles. The van der Waals surface area contributed by atoms with Crippen LogP contribution in [-0.4, -0.2) is 46.2 Å². The maximum Gasteiger partial charge on any atom is 0.343 e. The summed E-state index contributed by atoms with van der Waals surface area (Å²) in [6.07, 6.45) is 3.11. The molecular formula is C34H40N4O4. The van der Waals surface area contributed by atoms with Gasteiger partial charge in [0, 0.05) is 55.1 Å². The fourth-order valence-electron chi connectivity index (χ4n) is 5.49. The highest BCUT2D eigenvalue weighted by atomic mass is 16.4. The SMILES string of the molecule is C/C(=N\NC(=O)c1ccncc1)[C@@H](CN(CC(C)C)CC(C)C)[C@@H](c1ccccc1)c1c(O)c2ccccc2oc1=O. The topological polar surface area (TPSA) is 108 Å². The number of hydrazone groups is 1. The van der Waals surface area contributed by atoms with Crippen LogP contribution in [0.3, 0.4) is 0 Å². The Morgan fingerprint density at radius 3 is 2.19 bits per heavy atom. The van der Waals surface area contributed by atoms with Gasteiger partial charge in [-0.15, -0.1) is 0 Å². The monoisotopic (exact) mass is 568 g/mol. The van der Waals surface area contributed by atoms with Gasteiger partial charge in [0.2, 0.25) is 0 Å². The zero-order chi connectivity index (χ0) is 30.2. The summed E-state index contributed by atoms with van der Waals surface area (Å²) in [6.45, 7) is 12.8. The summed E-state index contributed by atoms with van der Waals surface area (Å²) in [6, 6.07) is 19.9. The van der Waals surface area contributed by atoms with Gasteiger partial charge in [0.1, 0.15) is 11.3 Å². The molecule has 220 valence electrons. The van der Waals surface area contributed by atoms with Crippen LogP contribution in [0.4, 0.5) is 0 Å². The van der Waals surface area contributed by atoms with Crippen LogP contribution >= 0.6 is 0 Å². The standard InChI is InChI=1S/C34H40N4O4/c1-22(2)19-38(20-23(3)4)21-28(24(5)36-37-33(40)26-15-17-35-18-16-26)30(25-11-7-6-8-12-25)31-32(39)27-13-9-10-14-29(27)42-34(31)41/h6-18,22-23,28,30,39H,19-21H2,1-5H3,(H,37,40)/b36-24+/t28-,30-/m1/s1. The Bertz CT molecular complexity index is 1560. The van der Waals surface area contributed by atoms with Gasteiger partial charge in [-0.05, 0) is 48.6 Å². The number of carbonyl (C=O) groups is 1. The van der Waals surface area contributed by atoms with Crippen molar-refractivity contribution < 1.29 is 14.3 Å². The number of aromatic nitrogens is 1. The molecule has 0 unspecified atom stereocenters. The van der Waals surface area contributed by atoms with Crippen LogP contribution in [0.25, 0.3) is 11.0 Å². The first kappa shape index (κ1) is 30.7. The maximum atomic E-state index is 13.6. The molecule has 2 N–H and O–H groups in total. The summed E-state index contributed by atoms with van der Waals surface area (Å²) in [5.74, 6) is -0.646.